The molecule has 164 valence electrons. The minimum Gasteiger partial charge on any atom is -0.489 e. The van der Waals surface area contributed by atoms with Crippen LogP contribution >= 0.6 is 11.6 Å². The molecule has 1 atom stereocenters. The van der Waals surface area contributed by atoms with E-state index in [1.165, 1.54) is 11.3 Å². The van der Waals surface area contributed by atoms with E-state index in [9.17, 15) is 0 Å². The maximum absolute atomic E-state index is 6.41. The highest BCUT2D eigenvalue weighted by molar-refractivity contribution is 6.32. The smallest absolute Gasteiger partial charge is 0.191 e. The molecule has 1 aliphatic heterocycles. The van der Waals surface area contributed by atoms with Crippen molar-refractivity contribution >= 4 is 17.6 Å². The number of ether oxygens (including phenoxy) is 2. The van der Waals surface area contributed by atoms with Crippen molar-refractivity contribution in [1.29, 1.82) is 0 Å². The van der Waals surface area contributed by atoms with Gasteiger partial charge in [-0.05, 0) is 57.4 Å². The quantitative estimate of drug-likeness (QED) is 0.538. The highest BCUT2D eigenvalue weighted by atomic mass is 35.5. The average Bonchev–Trinajstić information content (AvgIpc) is 2.88. The minimum absolute atomic E-state index is 0.205. The topological polar surface area (TPSA) is 72.7 Å². The number of guanidine groups is 1. The third kappa shape index (κ3) is 5.39. The van der Waals surface area contributed by atoms with E-state index >= 15 is 0 Å². The number of hydrogen-bond acceptors (Lipinski definition) is 4. The van der Waals surface area contributed by atoms with E-state index in [-0.39, 0.29) is 6.04 Å². The highest BCUT2D eigenvalue weighted by Crippen LogP contribution is 2.38. The lowest BCUT2D eigenvalue weighted by Gasteiger charge is -2.18. The van der Waals surface area contributed by atoms with Crippen molar-refractivity contribution in [2.75, 3.05) is 19.8 Å². The summed E-state index contributed by atoms with van der Waals surface area (Å²) < 4.78 is 13.4. The van der Waals surface area contributed by atoms with Gasteiger partial charge in [0.15, 0.2) is 17.5 Å². The molecule has 2 heterocycles. The van der Waals surface area contributed by atoms with Crippen molar-refractivity contribution < 1.29 is 9.47 Å². The van der Waals surface area contributed by atoms with Gasteiger partial charge in [-0.2, -0.15) is 5.10 Å². The van der Waals surface area contributed by atoms with Gasteiger partial charge in [0.2, 0.25) is 0 Å². The summed E-state index contributed by atoms with van der Waals surface area (Å²) in [6.07, 6.45) is 1.73. The molecule has 1 aromatic heterocycles. The molecule has 1 aromatic carbocycles. The largest absolute Gasteiger partial charge is 0.489 e. The average molecular weight is 434 g/mol. The van der Waals surface area contributed by atoms with Gasteiger partial charge in [0.05, 0.1) is 30.5 Å². The van der Waals surface area contributed by atoms with Gasteiger partial charge in [0, 0.05) is 31.7 Å². The van der Waals surface area contributed by atoms with Gasteiger partial charge in [-0.1, -0.05) is 11.6 Å². The summed E-state index contributed by atoms with van der Waals surface area (Å²) >= 11 is 6.41. The SMILES string of the molecule is CCNC(=NCc1cc(Cl)c2c(c1)OCCCO2)NC(C)Cc1c(C)nn(C)c1C. The molecule has 0 saturated heterocycles. The molecule has 2 aromatic rings. The predicted molar refractivity (Wildman–Crippen MR) is 121 cm³/mol. The molecule has 2 N–H and O–H groups in total. The lowest BCUT2D eigenvalue weighted by Crippen LogP contribution is -2.43. The maximum Gasteiger partial charge on any atom is 0.191 e. The Morgan fingerprint density at radius 1 is 1.30 bits per heavy atom. The molecule has 0 radical (unpaired) electrons. The Balaban J connectivity index is 1.70. The highest BCUT2D eigenvalue weighted by Gasteiger charge is 2.16. The number of rotatable bonds is 6. The van der Waals surface area contributed by atoms with Gasteiger partial charge >= 0.3 is 0 Å². The standard InChI is InChI=1S/C22H32ClN5O2/c1-6-24-22(26-14(2)10-18-15(3)27-28(5)16(18)4)25-13-17-11-19(23)21-20(12-17)29-8-7-9-30-21/h11-12,14H,6-10,13H2,1-5H3,(H2,24,25,26). The van der Waals surface area contributed by atoms with E-state index in [0.717, 1.165) is 36.6 Å². The molecule has 0 bridgehead atoms. The van der Waals surface area contributed by atoms with Crippen LogP contribution in [0.3, 0.4) is 0 Å². The van der Waals surface area contributed by atoms with Crippen LogP contribution < -0.4 is 20.1 Å². The third-order valence-corrected chi connectivity index (χ3v) is 5.46. The lowest BCUT2D eigenvalue weighted by molar-refractivity contribution is 0.297. The van der Waals surface area contributed by atoms with Crippen molar-refractivity contribution in [3.05, 3.63) is 39.7 Å². The van der Waals surface area contributed by atoms with Gasteiger partial charge in [-0.15, -0.1) is 0 Å². The van der Waals surface area contributed by atoms with Crippen molar-refractivity contribution in [2.45, 2.75) is 53.1 Å². The summed E-state index contributed by atoms with van der Waals surface area (Å²) in [5.41, 5.74) is 4.54. The summed E-state index contributed by atoms with van der Waals surface area (Å²) in [5, 5.41) is 11.9. The van der Waals surface area contributed by atoms with E-state index in [0.29, 0.717) is 36.3 Å². The normalized spacial score (nSPS) is 14.9. The first kappa shape index (κ1) is 22.3. The van der Waals surface area contributed by atoms with E-state index in [4.69, 9.17) is 26.1 Å². The third-order valence-electron chi connectivity index (χ3n) is 5.18. The number of nitrogens with one attached hydrogen (secondary N) is 2. The van der Waals surface area contributed by atoms with Crippen molar-refractivity contribution in [3.8, 4) is 11.5 Å². The first-order valence-corrected chi connectivity index (χ1v) is 10.9. The van der Waals surface area contributed by atoms with Crippen LogP contribution in [0.2, 0.25) is 5.02 Å². The molecule has 3 rings (SSSR count). The molecule has 30 heavy (non-hydrogen) atoms. The molecule has 0 amide bonds. The molecule has 1 unspecified atom stereocenters. The summed E-state index contributed by atoms with van der Waals surface area (Å²) in [6, 6.07) is 4.07. The summed E-state index contributed by atoms with van der Waals surface area (Å²) in [7, 11) is 1.98. The van der Waals surface area contributed by atoms with Crippen LogP contribution in [0.4, 0.5) is 0 Å². The maximum atomic E-state index is 6.41. The van der Waals surface area contributed by atoms with Crippen molar-refractivity contribution in [2.24, 2.45) is 12.0 Å². The number of aliphatic imine (C=N–C) groups is 1. The van der Waals surface area contributed by atoms with Crippen LogP contribution in [-0.2, 0) is 20.0 Å². The van der Waals surface area contributed by atoms with Crippen molar-refractivity contribution in [1.82, 2.24) is 20.4 Å². The van der Waals surface area contributed by atoms with Gasteiger partial charge in [-0.3, -0.25) is 4.68 Å². The Labute approximate surface area is 183 Å². The fourth-order valence-corrected chi connectivity index (χ4v) is 3.86. The van der Waals surface area contributed by atoms with Gasteiger partial charge in [0.1, 0.15) is 0 Å². The molecule has 0 spiro atoms. The van der Waals surface area contributed by atoms with Gasteiger partial charge in [-0.25, -0.2) is 4.99 Å². The van der Waals surface area contributed by atoms with Crippen LogP contribution in [0, 0.1) is 13.8 Å². The van der Waals surface area contributed by atoms with E-state index in [1.54, 1.807) is 0 Å². The van der Waals surface area contributed by atoms with Crippen LogP contribution in [0.5, 0.6) is 11.5 Å². The van der Waals surface area contributed by atoms with Crippen LogP contribution in [-0.4, -0.2) is 41.5 Å². The molecule has 0 fully saturated rings. The van der Waals surface area contributed by atoms with Gasteiger partial charge < -0.3 is 20.1 Å². The molecule has 1 aliphatic rings. The van der Waals surface area contributed by atoms with E-state index in [1.807, 2.05) is 23.9 Å². The number of aromatic nitrogens is 2. The van der Waals surface area contributed by atoms with Gasteiger partial charge in [0.25, 0.3) is 0 Å². The second kappa shape index (κ2) is 10.1. The number of benzene rings is 1. The first-order chi connectivity index (χ1) is 14.4. The number of aryl methyl sites for hydroxylation is 2. The number of fused-ring (bicyclic) bond motifs is 1. The predicted octanol–water partition coefficient (Wildman–Crippen LogP) is 3.54. The zero-order chi connectivity index (χ0) is 21.7. The number of hydrogen-bond donors (Lipinski definition) is 2. The Bertz CT molecular complexity index is 909. The lowest BCUT2D eigenvalue weighted by atomic mass is 10.1. The van der Waals surface area contributed by atoms with E-state index in [2.05, 4.69) is 43.4 Å². The number of halogens is 1. The molecular formula is C22H32ClN5O2. The Kier molecular flexibility index (Phi) is 7.48. The summed E-state index contributed by atoms with van der Waals surface area (Å²) in [6.45, 7) is 10.9. The summed E-state index contributed by atoms with van der Waals surface area (Å²) in [5.74, 6) is 2.09. The van der Waals surface area contributed by atoms with Crippen LogP contribution in [0.1, 0.15) is 42.8 Å². The first-order valence-electron chi connectivity index (χ1n) is 10.5. The molecule has 0 aliphatic carbocycles. The monoisotopic (exact) mass is 433 g/mol. The molecule has 7 nitrogen and oxygen atoms in total. The van der Waals surface area contributed by atoms with E-state index < -0.39 is 0 Å². The Hall–Kier alpha value is -2.41. The Morgan fingerprint density at radius 2 is 2.07 bits per heavy atom. The molecule has 8 heteroatoms. The zero-order valence-electron chi connectivity index (χ0n) is 18.5. The fraction of sp³-hybridized carbons (Fsp3) is 0.545. The van der Waals surface area contributed by atoms with Crippen LogP contribution in [0.15, 0.2) is 17.1 Å². The Morgan fingerprint density at radius 3 is 2.77 bits per heavy atom. The van der Waals surface area contributed by atoms with Crippen LogP contribution in [0.25, 0.3) is 0 Å². The summed E-state index contributed by atoms with van der Waals surface area (Å²) in [4.78, 5) is 4.75. The second-order valence-electron chi connectivity index (χ2n) is 7.67. The number of nitrogens with zero attached hydrogens (tertiary/aromatic N) is 3. The molecule has 0 saturated carbocycles. The second-order valence-corrected chi connectivity index (χ2v) is 8.08. The van der Waals surface area contributed by atoms with Crippen molar-refractivity contribution in [3.63, 3.8) is 0 Å². The minimum atomic E-state index is 0.205. The fourth-order valence-electron chi connectivity index (χ4n) is 3.57. The zero-order valence-corrected chi connectivity index (χ0v) is 19.3. The molecular weight excluding hydrogens is 402 g/mol.